The van der Waals surface area contributed by atoms with Crippen molar-refractivity contribution in [2.45, 2.75) is 25.9 Å². The molecule has 2 aromatic carbocycles. The first-order chi connectivity index (χ1) is 8.69. The molecule has 1 atom stereocenters. The van der Waals surface area contributed by atoms with Gasteiger partial charge in [0, 0.05) is 11.4 Å². The largest absolute Gasteiger partial charge is 0.388 e. The van der Waals surface area contributed by atoms with Gasteiger partial charge in [0.25, 0.3) is 0 Å². The molecule has 0 heterocycles. The lowest BCUT2D eigenvalue weighted by Crippen LogP contribution is -2.01. The predicted molar refractivity (Wildman–Crippen MR) is 75.9 cm³/mol. The normalized spacial score (nSPS) is 12.4. The minimum atomic E-state index is -0.477. The van der Waals surface area contributed by atoms with Crippen LogP contribution in [0.1, 0.15) is 29.7 Å². The first kappa shape index (κ1) is 13.1. The second-order valence-corrected chi connectivity index (χ2v) is 4.88. The van der Waals surface area contributed by atoms with Crippen molar-refractivity contribution >= 4 is 11.6 Å². The van der Waals surface area contributed by atoms with Gasteiger partial charge in [0.1, 0.15) is 0 Å². The Hall–Kier alpha value is -1.31. The van der Waals surface area contributed by atoms with E-state index in [0.717, 1.165) is 17.5 Å². The van der Waals surface area contributed by atoms with Gasteiger partial charge >= 0.3 is 0 Å². The van der Waals surface area contributed by atoms with Crippen molar-refractivity contribution < 1.29 is 5.11 Å². The molecule has 0 fully saturated rings. The maximum Gasteiger partial charge on any atom is 0.0830 e. The maximum atomic E-state index is 10.2. The van der Waals surface area contributed by atoms with Crippen molar-refractivity contribution in [3.05, 3.63) is 70.2 Å². The summed E-state index contributed by atoms with van der Waals surface area (Å²) in [6.45, 7) is 2.12. The highest BCUT2D eigenvalue weighted by Crippen LogP contribution is 2.20. The van der Waals surface area contributed by atoms with Crippen molar-refractivity contribution in [1.29, 1.82) is 0 Å². The molecule has 2 aromatic rings. The number of aryl methyl sites for hydroxylation is 1. The van der Waals surface area contributed by atoms with Gasteiger partial charge in [0.05, 0.1) is 6.10 Å². The van der Waals surface area contributed by atoms with Crippen LogP contribution in [0.4, 0.5) is 0 Å². The van der Waals surface area contributed by atoms with Gasteiger partial charge in [-0.1, -0.05) is 54.9 Å². The van der Waals surface area contributed by atoms with E-state index in [1.165, 1.54) is 5.56 Å². The van der Waals surface area contributed by atoms with Gasteiger partial charge in [-0.2, -0.15) is 0 Å². The standard InChI is InChI=1S/C16H17ClO/c1-2-12-6-8-14(9-7-12)16(18)11-13-4-3-5-15(17)10-13/h3-10,16,18H,2,11H2,1H3. The Morgan fingerprint density at radius 1 is 1.06 bits per heavy atom. The summed E-state index contributed by atoms with van der Waals surface area (Å²) in [7, 11) is 0. The predicted octanol–water partition coefficient (Wildman–Crippen LogP) is 4.18. The number of aliphatic hydroxyl groups is 1. The fraction of sp³-hybridized carbons (Fsp3) is 0.250. The van der Waals surface area contributed by atoms with Gasteiger partial charge in [-0.3, -0.25) is 0 Å². The van der Waals surface area contributed by atoms with E-state index in [2.05, 4.69) is 19.1 Å². The van der Waals surface area contributed by atoms with E-state index < -0.39 is 6.10 Å². The van der Waals surface area contributed by atoms with Crippen LogP contribution in [0, 0.1) is 0 Å². The Bertz CT molecular complexity index is 505. The summed E-state index contributed by atoms with van der Waals surface area (Å²) in [5.41, 5.74) is 3.29. The van der Waals surface area contributed by atoms with Crippen LogP contribution in [0.5, 0.6) is 0 Å². The molecule has 0 aromatic heterocycles. The molecule has 0 saturated carbocycles. The average Bonchev–Trinajstić information content (AvgIpc) is 2.39. The van der Waals surface area contributed by atoms with Gasteiger partial charge in [0.15, 0.2) is 0 Å². The first-order valence-electron chi connectivity index (χ1n) is 6.20. The molecule has 1 unspecified atom stereocenters. The van der Waals surface area contributed by atoms with E-state index in [1.54, 1.807) is 0 Å². The van der Waals surface area contributed by atoms with Crippen LogP contribution in [0.15, 0.2) is 48.5 Å². The monoisotopic (exact) mass is 260 g/mol. The molecule has 2 heteroatoms. The Kier molecular flexibility index (Phi) is 4.40. The quantitative estimate of drug-likeness (QED) is 0.874. The van der Waals surface area contributed by atoms with Crippen LogP contribution < -0.4 is 0 Å². The SMILES string of the molecule is CCc1ccc(C(O)Cc2cccc(Cl)c2)cc1. The minimum Gasteiger partial charge on any atom is -0.388 e. The number of aliphatic hydroxyl groups excluding tert-OH is 1. The molecule has 1 N–H and O–H groups in total. The zero-order chi connectivity index (χ0) is 13.0. The molecule has 0 radical (unpaired) electrons. The van der Waals surface area contributed by atoms with E-state index in [9.17, 15) is 5.11 Å². The van der Waals surface area contributed by atoms with E-state index in [-0.39, 0.29) is 0 Å². The molecule has 0 aliphatic heterocycles. The van der Waals surface area contributed by atoms with Gasteiger partial charge in [-0.25, -0.2) is 0 Å². The van der Waals surface area contributed by atoms with Crippen LogP contribution in [-0.4, -0.2) is 5.11 Å². The molecule has 0 aliphatic rings. The Labute approximate surface area is 113 Å². The minimum absolute atomic E-state index is 0.477. The molecular formula is C16H17ClO. The topological polar surface area (TPSA) is 20.2 Å². The van der Waals surface area contributed by atoms with Crippen molar-refractivity contribution in [1.82, 2.24) is 0 Å². The lowest BCUT2D eigenvalue weighted by molar-refractivity contribution is 0.178. The highest BCUT2D eigenvalue weighted by atomic mass is 35.5. The van der Waals surface area contributed by atoms with Gasteiger partial charge in [0.2, 0.25) is 0 Å². The smallest absolute Gasteiger partial charge is 0.0830 e. The summed E-state index contributed by atoms with van der Waals surface area (Å²) in [6.07, 6.45) is 1.13. The van der Waals surface area contributed by atoms with Gasteiger partial charge in [-0.15, -0.1) is 0 Å². The van der Waals surface area contributed by atoms with Crippen molar-refractivity contribution in [3.63, 3.8) is 0 Å². The van der Waals surface area contributed by atoms with Gasteiger partial charge in [-0.05, 0) is 35.2 Å². The first-order valence-corrected chi connectivity index (χ1v) is 6.58. The van der Waals surface area contributed by atoms with Crippen LogP contribution in [0.25, 0.3) is 0 Å². The van der Waals surface area contributed by atoms with Crippen molar-refractivity contribution in [2.24, 2.45) is 0 Å². The lowest BCUT2D eigenvalue weighted by atomic mass is 10.00. The third-order valence-corrected chi connectivity index (χ3v) is 3.33. The Morgan fingerprint density at radius 3 is 2.39 bits per heavy atom. The summed E-state index contributed by atoms with van der Waals surface area (Å²) in [5.74, 6) is 0. The van der Waals surface area contributed by atoms with Crippen LogP contribution in [-0.2, 0) is 12.8 Å². The fourth-order valence-electron chi connectivity index (χ4n) is 1.98. The molecular weight excluding hydrogens is 244 g/mol. The fourth-order valence-corrected chi connectivity index (χ4v) is 2.19. The van der Waals surface area contributed by atoms with Crippen LogP contribution >= 0.6 is 11.6 Å². The zero-order valence-electron chi connectivity index (χ0n) is 10.4. The third-order valence-electron chi connectivity index (χ3n) is 3.09. The molecule has 0 saturated heterocycles. The average molecular weight is 261 g/mol. The second-order valence-electron chi connectivity index (χ2n) is 4.44. The highest BCUT2D eigenvalue weighted by molar-refractivity contribution is 6.30. The highest BCUT2D eigenvalue weighted by Gasteiger charge is 2.08. The molecule has 18 heavy (non-hydrogen) atoms. The van der Waals surface area contributed by atoms with E-state index in [0.29, 0.717) is 11.4 Å². The number of rotatable bonds is 4. The summed E-state index contributed by atoms with van der Waals surface area (Å²) in [5, 5.41) is 10.9. The van der Waals surface area contributed by atoms with E-state index in [4.69, 9.17) is 11.6 Å². The zero-order valence-corrected chi connectivity index (χ0v) is 11.2. The van der Waals surface area contributed by atoms with Crippen LogP contribution in [0.2, 0.25) is 5.02 Å². The molecule has 0 spiro atoms. The van der Waals surface area contributed by atoms with Crippen molar-refractivity contribution in [2.75, 3.05) is 0 Å². The summed E-state index contributed by atoms with van der Waals surface area (Å²) in [4.78, 5) is 0. The Morgan fingerprint density at radius 2 is 1.78 bits per heavy atom. The molecule has 94 valence electrons. The molecule has 2 rings (SSSR count). The third kappa shape index (κ3) is 3.34. The van der Waals surface area contributed by atoms with E-state index >= 15 is 0 Å². The molecule has 0 aliphatic carbocycles. The van der Waals surface area contributed by atoms with Gasteiger partial charge < -0.3 is 5.11 Å². The van der Waals surface area contributed by atoms with Crippen LogP contribution in [0.3, 0.4) is 0 Å². The Balaban J connectivity index is 2.09. The molecule has 1 nitrogen and oxygen atoms in total. The number of halogens is 1. The summed E-state index contributed by atoms with van der Waals surface area (Å²) < 4.78 is 0. The number of hydrogen-bond acceptors (Lipinski definition) is 1. The number of hydrogen-bond donors (Lipinski definition) is 1. The summed E-state index contributed by atoms with van der Waals surface area (Å²) in [6, 6.07) is 15.7. The van der Waals surface area contributed by atoms with Crippen molar-refractivity contribution in [3.8, 4) is 0 Å². The molecule has 0 amide bonds. The molecule has 0 bridgehead atoms. The summed E-state index contributed by atoms with van der Waals surface area (Å²) >= 11 is 5.93. The lowest BCUT2D eigenvalue weighted by Gasteiger charge is -2.12. The van der Waals surface area contributed by atoms with E-state index in [1.807, 2.05) is 36.4 Å². The number of benzene rings is 2. The maximum absolute atomic E-state index is 10.2. The second kappa shape index (κ2) is 6.03.